The van der Waals surface area contributed by atoms with Crippen LogP contribution in [0.5, 0.6) is 0 Å². The summed E-state index contributed by atoms with van der Waals surface area (Å²) >= 11 is 0. The molecule has 1 N–H and O–H groups in total. The fraction of sp³-hybridized carbons (Fsp3) is 0.250. The molecule has 3 rings (SSSR count). The van der Waals surface area contributed by atoms with E-state index in [1.54, 1.807) is 29.9 Å². The molecular weight excluding hydrogens is 392 g/mol. The monoisotopic (exact) mass is 414 g/mol. The van der Waals surface area contributed by atoms with Gasteiger partial charge >= 0.3 is 5.97 Å². The van der Waals surface area contributed by atoms with Gasteiger partial charge in [0.2, 0.25) is 10.0 Å². The summed E-state index contributed by atoms with van der Waals surface area (Å²) < 4.78 is 34.3. The number of hydrogen-bond donors (Lipinski definition) is 1. The van der Waals surface area contributed by atoms with Gasteiger partial charge in [-0.3, -0.25) is 0 Å². The van der Waals surface area contributed by atoms with E-state index in [1.807, 2.05) is 19.9 Å². The zero-order valence-electron chi connectivity index (χ0n) is 16.4. The van der Waals surface area contributed by atoms with Crippen LogP contribution in [0.1, 0.15) is 34.2 Å². The fourth-order valence-electron chi connectivity index (χ4n) is 2.77. The second-order valence-corrected chi connectivity index (χ2v) is 8.20. The Bertz CT molecular complexity index is 1120. The lowest BCUT2D eigenvalue weighted by molar-refractivity contribution is 0.0526. The smallest absolute Gasteiger partial charge is 0.338 e. The number of rotatable bonds is 7. The molecule has 8 nitrogen and oxygen atoms in total. The number of ether oxygens (including phenoxy) is 1. The lowest BCUT2D eigenvalue weighted by atomic mass is 10.2. The van der Waals surface area contributed by atoms with Crippen molar-refractivity contribution in [1.29, 1.82) is 0 Å². The normalized spacial score (nSPS) is 11.4. The van der Waals surface area contributed by atoms with E-state index in [9.17, 15) is 13.2 Å². The Morgan fingerprint density at radius 3 is 2.59 bits per heavy atom. The Labute approximate surface area is 169 Å². The van der Waals surface area contributed by atoms with Crippen LogP contribution in [-0.2, 0) is 21.3 Å². The van der Waals surface area contributed by atoms with Crippen molar-refractivity contribution in [3.8, 4) is 5.82 Å². The van der Waals surface area contributed by atoms with Crippen molar-refractivity contribution in [2.75, 3.05) is 6.61 Å². The van der Waals surface area contributed by atoms with Crippen molar-refractivity contribution < 1.29 is 17.9 Å². The zero-order chi connectivity index (χ0) is 21.0. The average molecular weight is 414 g/mol. The first-order valence-corrected chi connectivity index (χ1v) is 10.5. The van der Waals surface area contributed by atoms with Crippen molar-refractivity contribution in [3.63, 3.8) is 0 Å². The number of carbonyl (C=O) groups is 1. The third-order valence-corrected chi connectivity index (χ3v) is 5.56. The standard InChI is InChI=1S/C20H22N4O4S/c1-4-28-20(25)17-6-5-7-18(11-17)29(26,27)22-13-16-8-9-19(21-12-16)24-15(3)10-14(2)23-24/h5-12,22H,4,13H2,1-3H3. The molecule has 0 saturated heterocycles. The van der Waals surface area contributed by atoms with Gasteiger partial charge in [-0.25, -0.2) is 27.6 Å². The molecule has 0 atom stereocenters. The summed E-state index contributed by atoms with van der Waals surface area (Å²) in [5.74, 6) is 0.0952. The minimum absolute atomic E-state index is 0.00438. The Morgan fingerprint density at radius 2 is 1.97 bits per heavy atom. The van der Waals surface area contributed by atoms with Crippen molar-refractivity contribution in [2.24, 2.45) is 0 Å². The van der Waals surface area contributed by atoms with Gasteiger partial charge in [0.05, 0.1) is 22.8 Å². The highest BCUT2D eigenvalue weighted by Gasteiger charge is 2.17. The highest BCUT2D eigenvalue weighted by atomic mass is 32.2. The summed E-state index contributed by atoms with van der Waals surface area (Å²) in [5, 5.41) is 4.38. The Hall–Kier alpha value is -3.04. The average Bonchev–Trinajstić information content (AvgIpc) is 3.05. The Balaban J connectivity index is 1.71. The van der Waals surface area contributed by atoms with E-state index < -0.39 is 16.0 Å². The van der Waals surface area contributed by atoms with Gasteiger partial charge in [0.15, 0.2) is 5.82 Å². The third-order valence-electron chi connectivity index (χ3n) is 4.16. The molecule has 0 radical (unpaired) electrons. The van der Waals surface area contributed by atoms with Crippen LogP contribution < -0.4 is 4.72 Å². The molecule has 2 heterocycles. The minimum Gasteiger partial charge on any atom is -0.462 e. The molecule has 0 bridgehead atoms. The molecule has 9 heteroatoms. The van der Waals surface area contributed by atoms with Crippen molar-refractivity contribution in [3.05, 3.63) is 71.2 Å². The number of aromatic nitrogens is 3. The van der Waals surface area contributed by atoms with Crippen LogP contribution in [0.4, 0.5) is 0 Å². The molecular formula is C20H22N4O4S. The van der Waals surface area contributed by atoms with Gasteiger partial charge in [0, 0.05) is 18.4 Å². The van der Waals surface area contributed by atoms with E-state index in [2.05, 4.69) is 14.8 Å². The molecule has 0 spiro atoms. The summed E-state index contributed by atoms with van der Waals surface area (Å²) in [6, 6.07) is 11.3. The van der Waals surface area contributed by atoms with Crippen LogP contribution in [0.3, 0.4) is 0 Å². The molecule has 0 saturated carbocycles. The van der Waals surface area contributed by atoms with E-state index in [1.165, 1.54) is 24.3 Å². The lowest BCUT2D eigenvalue weighted by Crippen LogP contribution is -2.23. The first-order valence-electron chi connectivity index (χ1n) is 9.05. The fourth-order valence-corrected chi connectivity index (χ4v) is 3.84. The summed E-state index contributed by atoms with van der Waals surface area (Å²) in [4.78, 5) is 16.2. The minimum atomic E-state index is -3.80. The van der Waals surface area contributed by atoms with Crippen molar-refractivity contribution in [2.45, 2.75) is 32.2 Å². The summed E-state index contributed by atoms with van der Waals surface area (Å²) in [5.41, 5.74) is 2.74. The number of esters is 1. The summed E-state index contributed by atoms with van der Waals surface area (Å²) in [7, 11) is -3.80. The molecule has 0 fully saturated rings. The second-order valence-electron chi connectivity index (χ2n) is 6.44. The number of carbonyl (C=O) groups excluding carboxylic acids is 1. The van der Waals surface area contributed by atoms with Gasteiger partial charge in [-0.05, 0) is 56.7 Å². The molecule has 2 aromatic heterocycles. The first-order chi connectivity index (χ1) is 13.8. The maximum absolute atomic E-state index is 12.6. The number of nitrogens with one attached hydrogen (secondary N) is 1. The highest BCUT2D eigenvalue weighted by molar-refractivity contribution is 7.89. The third kappa shape index (κ3) is 4.87. The van der Waals surface area contributed by atoms with Gasteiger partial charge in [-0.1, -0.05) is 12.1 Å². The summed E-state index contributed by atoms with van der Waals surface area (Å²) in [6.45, 7) is 5.82. The van der Waals surface area contributed by atoms with E-state index in [0.717, 1.165) is 11.4 Å². The quantitative estimate of drug-likeness (QED) is 0.596. The number of sulfonamides is 1. The molecule has 152 valence electrons. The molecule has 1 aromatic carbocycles. The number of aryl methyl sites for hydroxylation is 2. The van der Waals surface area contributed by atoms with Gasteiger partial charge in [-0.15, -0.1) is 0 Å². The number of hydrogen-bond acceptors (Lipinski definition) is 6. The SMILES string of the molecule is CCOC(=O)c1cccc(S(=O)(=O)NCc2ccc(-n3nc(C)cc3C)nc2)c1. The molecule has 0 aliphatic rings. The first kappa shape index (κ1) is 20.7. The lowest BCUT2D eigenvalue weighted by Gasteiger charge is -2.09. The Kier molecular flexibility index (Phi) is 6.09. The van der Waals surface area contributed by atoms with E-state index >= 15 is 0 Å². The number of pyridine rings is 1. The molecule has 3 aromatic rings. The Morgan fingerprint density at radius 1 is 1.17 bits per heavy atom. The van der Waals surface area contributed by atoms with Crippen LogP contribution in [0, 0.1) is 13.8 Å². The molecule has 0 aliphatic heterocycles. The number of nitrogens with zero attached hydrogens (tertiary/aromatic N) is 3. The van der Waals surface area contributed by atoms with Crippen LogP contribution >= 0.6 is 0 Å². The number of benzene rings is 1. The largest absolute Gasteiger partial charge is 0.462 e. The van der Waals surface area contributed by atoms with Crippen LogP contribution in [0.25, 0.3) is 5.82 Å². The molecule has 0 amide bonds. The molecule has 0 aliphatic carbocycles. The van der Waals surface area contributed by atoms with Crippen LogP contribution in [-0.4, -0.2) is 35.8 Å². The maximum Gasteiger partial charge on any atom is 0.338 e. The van der Waals surface area contributed by atoms with Gasteiger partial charge in [0.25, 0.3) is 0 Å². The van der Waals surface area contributed by atoms with Gasteiger partial charge in [-0.2, -0.15) is 5.10 Å². The van der Waals surface area contributed by atoms with E-state index in [4.69, 9.17) is 4.74 Å². The predicted octanol–water partition coefficient (Wildman–Crippen LogP) is 2.54. The van der Waals surface area contributed by atoms with Crippen LogP contribution in [0.15, 0.2) is 53.6 Å². The molecule has 29 heavy (non-hydrogen) atoms. The van der Waals surface area contributed by atoms with Crippen molar-refractivity contribution >= 4 is 16.0 Å². The molecule has 0 unspecified atom stereocenters. The second kappa shape index (κ2) is 8.54. The summed E-state index contributed by atoms with van der Waals surface area (Å²) in [6.07, 6.45) is 1.60. The van der Waals surface area contributed by atoms with Gasteiger partial charge < -0.3 is 4.74 Å². The highest BCUT2D eigenvalue weighted by Crippen LogP contribution is 2.14. The predicted molar refractivity (Wildman–Crippen MR) is 107 cm³/mol. The van der Waals surface area contributed by atoms with Crippen LogP contribution in [0.2, 0.25) is 0 Å². The van der Waals surface area contributed by atoms with E-state index in [0.29, 0.717) is 11.4 Å². The van der Waals surface area contributed by atoms with Crippen molar-refractivity contribution in [1.82, 2.24) is 19.5 Å². The zero-order valence-corrected chi connectivity index (χ0v) is 17.2. The maximum atomic E-state index is 12.6. The topological polar surface area (TPSA) is 103 Å². The van der Waals surface area contributed by atoms with Gasteiger partial charge in [0.1, 0.15) is 0 Å². The van der Waals surface area contributed by atoms with E-state index in [-0.39, 0.29) is 23.6 Å².